The first-order valence-corrected chi connectivity index (χ1v) is 6.97. The van der Waals surface area contributed by atoms with E-state index in [2.05, 4.69) is 10.4 Å². The summed E-state index contributed by atoms with van der Waals surface area (Å²) in [5, 5.41) is 7.94. The summed E-state index contributed by atoms with van der Waals surface area (Å²) >= 11 is 0. The molecule has 0 atom stereocenters. The summed E-state index contributed by atoms with van der Waals surface area (Å²) in [7, 11) is 0. The summed E-state index contributed by atoms with van der Waals surface area (Å²) < 4.78 is 1.88. The van der Waals surface area contributed by atoms with Crippen LogP contribution in [0.3, 0.4) is 0 Å². The molecule has 0 amide bonds. The van der Waals surface area contributed by atoms with Gasteiger partial charge in [0, 0.05) is 35.9 Å². The summed E-state index contributed by atoms with van der Waals surface area (Å²) in [5.41, 5.74) is 4.17. The van der Waals surface area contributed by atoms with Crippen LogP contribution in [0, 0.1) is 0 Å². The molecular weight excluding hydrogens is 250 g/mol. The second-order valence-corrected chi connectivity index (χ2v) is 5.32. The van der Waals surface area contributed by atoms with E-state index in [-0.39, 0.29) is 5.78 Å². The van der Waals surface area contributed by atoms with Gasteiger partial charge in [0.2, 0.25) is 0 Å². The average molecular weight is 265 g/mol. The highest BCUT2D eigenvalue weighted by molar-refractivity contribution is 5.98. The van der Waals surface area contributed by atoms with Crippen LogP contribution in [-0.2, 0) is 11.2 Å². The highest BCUT2D eigenvalue weighted by Gasteiger charge is 2.27. The molecule has 0 radical (unpaired) electrons. The number of carbonyl (C=O) groups excluding carboxylic acids is 1. The van der Waals surface area contributed by atoms with Gasteiger partial charge in [0.15, 0.2) is 11.6 Å². The van der Waals surface area contributed by atoms with Crippen LogP contribution < -0.4 is 5.32 Å². The Labute approximate surface area is 117 Å². The number of anilines is 1. The van der Waals surface area contributed by atoms with Gasteiger partial charge in [-0.05, 0) is 25.0 Å². The Morgan fingerprint density at radius 2 is 2.00 bits per heavy atom. The standard InChI is InChI=1S/C16H15N3O/c20-15-8-4-7-14-13(15)9-11-10-19(18-16(11)17-14)12-5-2-1-3-6-12/h1-3,5-6,10H,4,7-9H2,(H,17,18). The fourth-order valence-corrected chi connectivity index (χ4v) is 2.93. The Bertz CT molecular complexity index is 713. The average Bonchev–Trinajstić information content (AvgIpc) is 2.90. The molecule has 1 aliphatic carbocycles. The quantitative estimate of drug-likeness (QED) is 0.862. The van der Waals surface area contributed by atoms with Crippen LogP contribution in [0.1, 0.15) is 24.8 Å². The number of allylic oxidation sites excluding steroid dienone is 2. The van der Waals surface area contributed by atoms with E-state index in [1.165, 1.54) is 0 Å². The molecular formula is C16H15N3O. The number of hydrogen-bond donors (Lipinski definition) is 1. The number of ketones is 1. The molecule has 0 spiro atoms. The highest BCUT2D eigenvalue weighted by atomic mass is 16.1. The number of carbonyl (C=O) groups is 1. The summed E-state index contributed by atoms with van der Waals surface area (Å²) in [5.74, 6) is 1.18. The first-order valence-electron chi connectivity index (χ1n) is 6.97. The molecule has 1 aromatic heterocycles. The maximum absolute atomic E-state index is 12.0. The van der Waals surface area contributed by atoms with Crippen molar-refractivity contribution < 1.29 is 4.79 Å². The molecule has 4 heteroatoms. The van der Waals surface area contributed by atoms with Gasteiger partial charge in [0.05, 0.1) is 5.69 Å². The van der Waals surface area contributed by atoms with E-state index in [1.54, 1.807) is 0 Å². The predicted molar refractivity (Wildman–Crippen MR) is 76.8 cm³/mol. The largest absolute Gasteiger partial charge is 0.342 e. The van der Waals surface area contributed by atoms with Gasteiger partial charge in [-0.1, -0.05) is 18.2 Å². The van der Waals surface area contributed by atoms with Crippen molar-refractivity contribution in [2.75, 3.05) is 5.32 Å². The van der Waals surface area contributed by atoms with E-state index in [4.69, 9.17) is 0 Å². The fourth-order valence-electron chi connectivity index (χ4n) is 2.93. The molecule has 1 N–H and O–H groups in total. The Morgan fingerprint density at radius 3 is 2.85 bits per heavy atom. The van der Waals surface area contributed by atoms with Gasteiger partial charge in [-0.3, -0.25) is 4.79 Å². The van der Waals surface area contributed by atoms with E-state index in [1.807, 2.05) is 41.2 Å². The van der Waals surface area contributed by atoms with Crippen LogP contribution >= 0.6 is 0 Å². The molecule has 4 nitrogen and oxygen atoms in total. The normalized spacial score (nSPS) is 17.5. The van der Waals surface area contributed by atoms with Crippen molar-refractivity contribution in [1.82, 2.24) is 9.78 Å². The van der Waals surface area contributed by atoms with Crippen LogP contribution in [0.2, 0.25) is 0 Å². The molecule has 100 valence electrons. The number of rotatable bonds is 1. The molecule has 0 saturated carbocycles. The zero-order valence-electron chi connectivity index (χ0n) is 11.1. The number of fused-ring (bicyclic) bond motifs is 1. The second-order valence-electron chi connectivity index (χ2n) is 5.32. The van der Waals surface area contributed by atoms with E-state index in [9.17, 15) is 4.79 Å². The Hall–Kier alpha value is -2.36. The van der Waals surface area contributed by atoms with Crippen molar-refractivity contribution in [2.24, 2.45) is 0 Å². The first-order chi connectivity index (χ1) is 9.81. The van der Waals surface area contributed by atoms with Crippen molar-refractivity contribution in [2.45, 2.75) is 25.7 Å². The van der Waals surface area contributed by atoms with Crippen molar-refractivity contribution >= 4 is 11.6 Å². The van der Waals surface area contributed by atoms with Crippen molar-refractivity contribution in [1.29, 1.82) is 0 Å². The van der Waals surface area contributed by atoms with E-state index >= 15 is 0 Å². The number of para-hydroxylation sites is 1. The molecule has 0 unspecified atom stereocenters. The van der Waals surface area contributed by atoms with Crippen molar-refractivity contribution in [3.63, 3.8) is 0 Å². The van der Waals surface area contributed by atoms with Gasteiger partial charge in [0.25, 0.3) is 0 Å². The highest BCUT2D eigenvalue weighted by Crippen LogP contribution is 2.33. The minimum atomic E-state index is 0.289. The molecule has 0 bridgehead atoms. The number of aromatic nitrogens is 2. The molecule has 0 saturated heterocycles. The molecule has 0 fully saturated rings. The third-order valence-electron chi connectivity index (χ3n) is 3.98. The summed E-state index contributed by atoms with van der Waals surface area (Å²) in [6.07, 6.45) is 5.31. The van der Waals surface area contributed by atoms with Gasteiger partial charge < -0.3 is 5.32 Å². The zero-order valence-corrected chi connectivity index (χ0v) is 11.1. The SMILES string of the molecule is O=C1CCCC2=C1Cc1cn(-c3ccccc3)nc1N2. The van der Waals surface area contributed by atoms with Crippen LogP contribution in [0.4, 0.5) is 5.82 Å². The number of benzene rings is 1. The maximum atomic E-state index is 12.0. The van der Waals surface area contributed by atoms with Gasteiger partial charge >= 0.3 is 0 Å². The molecule has 4 rings (SSSR count). The number of Topliss-reactive ketones (excluding diaryl/α,β-unsaturated/α-hetero) is 1. The van der Waals surface area contributed by atoms with Gasteiger partial charge in [-0.2, -0.15) is 0 Å². The zero-order chi connectivity index (χ0) is 13.5. The van der Waals surface area contributed by atoms with Gasteiger partial charge in [-0.25, -0.2) is 4.68 Å². The summed E-state index contributed by atoms with van der Waals surface area (Å²) in [4.78, 5) is 12.0. The number of nitrogens with zero attached hydrogens (tertiary/aromatic N) is 2. The van der Waals surface area contributed by atoms with Crippen LogP contribution in [0.15, 0.2) is 47.8 Å². The van der Waals surface area contributed by atoms with E-state index in [0.717, 1.165) is 41.2 Å². The minimum Gasteiger partial charge on any atom is -0.342 e. The fraction of sp³-hybridized carbons (Fsp3) is 0.250. The second kappa shape index (κ2) is 4.34. The Kier molecular flexibility index (Phi) is 2.49. The van der Waals surface area contributed by atoms with Crippen molar-refractivity contribution in [3.8, 4) is 5.69 Å². The summed E-state index contributed by atoms with van der Waals surface area (Å²) in [6.45, 7) is 0. The lowest BCUT2D eigenvalue weighted by atomic mass is 9.89. The molecule has 2 aliphatic rings. The first kappa shape index (κ1) is 11.5. The molecule has 2 heterocycles. The number of hydrogen-bond acceptors (Lipinski definition) is 3. The number of nitrogens with one attached hydrogen (secondary N) is 1. The Balaban J connectivity index is 1.72. The lowest BCUT2D eigenvalue weighted by Crippen LogP contribution is -2.22. The smallest absolute Gasteiger partial charge is 0.160 e. The van der Waals surface area contributed by atoms with Crippen LogP contribution in [0.25, 0.3) is 5.69 Å². The van der Waals surface area contributed by atoms with Crippen LogP contribution in [0.5, 0.6) is 0 Å². The monoisotopic (exact) mass is 265 g/mol. The van der Waals surface area contributed by atoms with Gasteiger partial charge in [0.1, 0.15) is 0 Å². The lowest BCUT2D eigenvalue weighted by molar-refractivity contribution is -0.116. The van der Waals surface area contributed by atoms with Crippen molar-refractivity contribution in [3.05, 3.63) is 53.4 Å². The lowest BCUT2D eigenvalue weighted by Gasteiger charge is -2.24. The predicted octanol–water partition coefficient (Wildman–Crippen LogP) is 2.85. The maximum Gasteiger partial charge on any atom is 0.160 e. The molecule has 2 aromatic rings. The van der Waals surface area contributed by atoms with E-state index < -0.39 is 0 Å². The van der Waals surface area contributed by atoms with E-state index in [0.29, 0.717) is 12.8 Å². The molecule has 1 aromatic carbocycles. The third kappa shape index (κ3) is 1.76. The van der Waals surface area contributed by atoms with Crippen LogP contribution in [-0.4, -0.2) is 15.6 Å². The minimum absolute atomic E-state index is 0.289. The third-order valence-corrected chi connectivity index (χ3v) is 3.98. The Morgan fingerprint density at radius 1 is 1.15 bits per heavy atom. The molecule has 1 aliphatic heterocycles. The topological polar surface area (TPSA) is 46.9 Å². The van der Waals surface area contributed by atoms with Gasteiger partial charge in [-0.15, -0.1) is 5.10 Å². The molecule has 20 heavy (non-hydrogen) atoms. The summed E-state index contributed by atoms with van der Waals surface area (Å²) in [6, 6.07) is 10.0.